The fraction of sp³-hybridized carbons (Fsp3) is 0.429. The highest BCUT2D eigenvalue weighted by Crippen LogP contribution is 2.33. The van der Waals surface area contributed by atoms with Gasteiger partial charge in [-0.3, -0.25) is 24.0 Å². The Morgan fingerprint density at radius 1 is 0.767 bits per heavy atom. The molecule has 5 aromatic rings. The van der Waals surface area contributed by atoms with E-state index in [0.717, 1.165) is 41.1 Å². The smallest absolute Gasteiger partial charge is 0.247 e. The van der Waals surface area contributed by atoms with E-state index in [4.69, 9.17) is 32.7 Å². The van der Waals surface area contributed by atoms with Crippen LogP contribution >= 0.6 is 23.2 Å². The lowest BCUT2D eigenvalue weighted by molar-refractivity contribution is -0.147. The molecule has 1 aliphatic heterocycles. The van der Waals surface area contributed by atoms with Crippen LogP contribution in [0.4, 0.5) is 0 Å². The second kappa shape index (κ2) is 25.1. The summed E-state index contributed by atoms with van der Waals surface area (Å²) in [6.45, 7) is 1.98. The molecule has 1 aromatic heterocycles. The van der Waals surface area contributed by atoms with Crippen molar-refractivity contribution in [2.45, 2.75) is 102 Å². The number of likely N-dealkylation sites (N-methyl/N-ethyl adjacent to an activating group) is 2. The second-order valence-corrected chi connectivity index (χ2v) is 20.5. The van der Waals surface area contributed by atoms with E-state index < -0.39 is 41.8 Å². The number of carbonyl (C=O) groups is 5. The molecule has 2 fully saturated rings. The van der Waals surface area contributed by atoms with Crippen LogP contribution in [0.2, 0.25) is 10.0 Å². The van der Waals surface area contributed by atoms with Gasteiger partial charge in [0.15, 0.2) is 0 Å². The standard InChI is InChI=1S/C56H68Cl2N8O7/c1-36-54(69)61-47(35-72-7)56(71)63(4)44(28-38-17-22-42(57)23-18-38)31-52(67)60-46-15-11-12-16-48(46)65(6)55(70)41(27-37-13-9-8-10-14-37)29-53(68)66(36)33-40-19-24-43(58)30-50(40)73-45-25-20-39(21-26-45)49-32-59-51(64(49)5)34-62(2)3/h8-10,13-14,17-26,30,32,36,41,44,46-48H,11-12,15-16,27-29,31,33-35H2,1-7H3,(H,60,67)(H,61,69)/t36-,41-,44+,46+,47+,48+/m1/s1. The van der Waals surface area contributed by atoms with Crippen LogP contribution in [0, 0.1) is 5.92 Å². The molecule has 17 heteroatoms. The van der Waals surface area contributed by atoms with Crippen molar-refractivity contribution in [2.75, 3.05) is 41.9 Å². The molecule has 1 saturated carbocycles. The third kappa shape index (κ3) is 14.1. The van der Waals surface area contributed by atoms with E-state index in [1.807, 2.05) is 94.1 Å². The third-order valence-electron chi connectivity index (χ3n) is 14.1. The molecule has 2 N–H and O–H groups in total. The molecule has 15 nitrogen and oxygen atoms in total. The molecule has 73 heavy (non-hydrogen) atoms. The van der Waals surface area contributed by atoms with Crippen molar-refractivity contribution in [2.24, 2.45) is 13.0 Å². The van der Waals surface area contributed by atoms with Crippen molar-refractivity contribution in [3.63, 3.8) is 0 Å². The van der Waals surface area contributed by atoms with Crippen LogP contribution in [0.5, 0.6) is 11.5 Å². The molecule has 0 unspecified atom stereocenters. The molecule has 0 radical (unpaired) electrons. The molecule has 2 aliphatic rings. The molecule has 0 bridgehead atoms. The first kappa shape index (κ1) is 54.5. The first-order valence-corrected chi connectivity index (χ1v) is 25.7. The Morgan fingerprint density at radius 3 is 2.15 bits per heavy atom. The quantitative estimate of drug-likeness (QED) is 0.121. The first-order chi connectivity index (χ1) is 35.0. The van der Waals surface area contributed by atoms with Gasteiger partial charge in [-0.1, -0.05) is 84.6 Å². The Morgan fingerprint density at radius 2 is 1.45 bits per heavy atom. The highest BCUT2D eigenvalue weighted by atomic mass is 35.5. The maximum Gasteiger partial charge on any atom is 0.247 e. The van der Waals surface area contributed by atoms with Gasteiger partial charge in [-0.05, 0) is 106 Å². The zero-order valence-electron chi connectivity index (χ0n) is 42.9. The number of fused-ring (bicyclic) bond motifs is 1. The molecule has 6 atom stereocenters. The van der Waals surface area contributed by atoms with E-state index in [1.54, 1.807) is 56.3 Å². The minimum absolute atomic E-state index is 0.0490. The lowest BCUT2D eigenvalue weighted by atomic mass is 9.87. The summed E-state index contributed by atoms with van der Waals surface area (Å²) >= 11 is 12.9. The SMILES string of the molecule is COC[C@@H]1NC(=O)[C@@H](C)N(Cc2ccc(Cl)cc2Oc2ccc(-c3cnc(CN(C)C)n3C)cc2)C(=O)C[C@@H](Cc2ccccc2)C(=O)N(C)[C@H]2CCCC[C@@H]2NC(=O)C[C@H](Cc2ccc(Cl)cc2)N(C)C1=O. The van der Waals surface area contributed by atoms with E-state index >= 15 is 9.59 Å². The van der Waals surface area contributed by atoms with Gasteiger partial charge in [-0.25, -0.2) is 4.98 Å². The Bertz CT molecular complexity index is 2700. The summed E-state index contributed by atoms with van der Waals surface area (Å²) in [5.74, 6) is -1.14. The largest absolute Gasteiger partial charge is 0.457 e. The van der Waals surface area contributed by atoms with Crippen LogP contribution in [0.25, 0.3) is 11.3 Å². The minimum atomic E-state index is -1.19. The number of nitrogens with zero attached hydrogens (tertiary/aromatic N) is 6. The van der Waals surface area contributed by atoms with Gasteiger partial charge in [0.2, 0.25) is 29.5 Å². The molecule has 4 aromatic carbocycles. The maximum atomic E-state index is 15.2. The highest BCUT2D eigenvalue weighted by molar-refractivity contribution is 6.31. The summed E-state index contributed by atoms with van der Waals surface area (Å²) in [7, 11) is 10.8. The average molecular weight is 1040 g/mol. The molecule has 388 valence electrons. The summed E-state index contributed by atoms with van der Waals surface area (Å²) < 4.78 is 14.1. The number of ether oxygens (including phenoxy) is 2. The normalized spacial score (nSPS) is 21.9. The number of imidazole rings is 1. The summed E-state index contributed by atoms with van der Waals surface area (Å²) in [6.07, 6.45) is 5.12. The van der Waals surface area contributed by atoms with Crippen molar-refractivity contribution in [3.8, 4) is 22.8 Å². The number of amides is 5. The number of halogens is 2. The number of methoxy groups -OCH3 is 1. The lowest BCUT2D eigenvalue weighted by Gasteiger charge is -2.40. The van der Waals surface area contributed by atoms with Gasteiger partial charge in [-0.2, -0.15) is 0 Å². The third-order valence-corrected chi connectivity index (χ3v) is 14.6. The van der Waals surface area contributed by atoms with E-state index in [1.165, 1.54) is 16.9 Å². The summed E-state index contributed by atoms with van der Waals surface area (Å²) in [4.78, 5) is 85.1. The minimum Gasteiger partial charge on any atom is -0.457 e. The number of hydrogen-bond donors (Lipinski definition) is 2. The number of carbonyl (C=O) groups excluding carboxylic acids is 5. The van der Waals surface area contributed by atoms with Gasteiger partial charge in [0.25, 0.3) is 0 Å². The summed E-state index contributed by atoms with van der Waals surface area (Å²) in [5, 5.41) is 7.08. The number of rotatable bonds is 13. The molecule has 1 saturated heterocycles. The van der Waals surface area contributed by atoms with Crippen LogP contribution in [0.1, 0.15) is 68.0 Å². The van der Waals surface area contributed by atoms with Crippen LogP contribution in [-0.2, 0) is 61.7 Å². The van der Waals surface area contributed by atoms with Crippen molar-refractivity contribution < 1.29 is 33.4 Å². The monoisotopic (exact) mass is 1030 g/mol. The topological polar surface area (TPSA) is 159 Å². The van der Waals surface area contributed by atoms with Gasteiger partial charge in [0, 0.05) is 74.4 Å². The Kier molecular flexibility index (Phi) is 18.8. The number of hydrogen-bond acceptors (Lipinski definition) is 9. The van der Waals surface area contributed by atoms with Gasteiger partial charge in [-0.15, -0.1) is 0 Å². The first-order valence-electron chi connectivity index (χ1n) is 24.9. The van der Waals surface area contributed by atoms with Crippen molar-refractivity contribution in [3.05, 3.63) is 136 Å². The van der Waals surface area contributed by atoms with E-state index in [-0.39, 0.29) is 56.3 Å². The Balaban J connectivity index is 1.25. The molecular formula is C56H68Cl2N8O7. The van der Waals surface area contributed by atoms with E-state index in [0.29, 0.717) is 52.9 Å². The van der Waals surface area contributed by atoms with Gasteiger partial charge in [0.05, 0.1) is 43.5 Å². The molecule has 0 spiro atoms. The van der Waals surface area contributed by atoms with Crippen LogP contribution < -0.4 is 15.4 Å². The summed E-state index contributed by atoms with van der Waals surface area (Å²) in [6, 6.07) is 25.7. The van der Waals surface area contributed by atoms with Crippen LogP contribution in [0.15, 0.2) is 103 Å². The van der Waals surface area contributed by atoms with E-state index in [2.05, 4.69) is 25.1 Å². The zero-order valence-corrected chi connectivity index (χ0v) is 44.4. The average Bonchev–Trinajstić information content (AvgIpc) is 3.73. The number of nitrogens with one attached hydrogen (secondary N) is 2. The van der Waals surface area contributed by atoms with Crippen LogP contribution in [0.3, 0.4) is 0 Å². The van der Waals surface area contributed by atoms with Gasteiger partial charge < -0.3 is 44.3 Å². The van der Waals surface area contributed by atoms with Crippen molar-refractivity contribution >= 4 is 52.7 Å². The highest BCUT2D eigenvalue weighted by Gasteiger charge is 2.39. The Labute approximate surface area is 439 Å². The van der Waals surface area contributed by atoms with Gasteiger partial charge in [0.1, 0.15) is 29.4 Å². The Hall–Kier alpha value is -6.26. The lowest BCUT2D eigenvalue weighted by Crippen LogP contribution is -2.58. The second-order valence-electron chi connectivity index (χ2n) is 19.7. The maximum absolute atomic E-state index is 15.2. The molecule has 7 rings (SSSR count). The zero-order chi connectivity index (χ0) is 52.3. The number of aromatic nitrogens is 2. The van der Waals surface area contributed by atoms with Crippen molar-refractivity contribution in [1.29, 1.82) is 0 Å². The molecule has 2 heterocycles. The molecular weight excluding hydrogens is 968 g/mol. The molecule has 5 amide bonds. The fourth-order valence-electron chi connectivity index (χ4n) is 9.93. The predicted molar refractivity (Wildman–Crippen MR) is 283 cm³/mol. The van der Waals surface area contributed by atoms with E-state index in [9.17, 15) is 14.4 Å². The molecule has 1 aliphatic carbocycles. The van der Waals surface area contributed by atoms with Crippen LogP contribution in [-0.4, -0.2) is 131 Å². The number of benzene rings is 4. The predicted octanol–water partition coefficient (Wildman–Crippen LogP) is 7.70. The fourth-order valence-corrected chi connectivity index (χ4v) is 10.2. The summed E-state index contributed by atoms with van der Waals surface area (Å²) in [5.41, 5.74) is 4.14. The van der Waals surface area contributed by atoms with Gasteiger partial charge >= 0.3 is 0 Å². The van der Waals surface area contributed by atoms with Crippen molar-refractivity contribution in [1.82, 2.24) is 39.8 Å².